The first kappa shape index (κ1) is 36.4. The van der Waals surface area contributed by atoms with Crippen LogP contribution in [0, 0.1) is 5.92 Å². The lowest BCUT2D eigenvalue weighted by atomic mass is 9.94. The molecule has 0 fully saturated rings. The molecule has 0 spiro atoms. The number of carbonyl (C=O) groups excluding carboxylic acids is 1. The monoisotopic (exact) mass is 526 g/mol. The van der Waals surface area contributed by atoms with Crippen LogP contribution in [0.3, 0.4) is 0 Å². The maximum atomic E-state index is 12.6. The number of ether oxygens (including phenoxy) is 1. The molecule has 0 amide bonds. The van der Waals surface area contributed by atoms with Crippen molar-refractivity contribution in [2.24, 2.45) is 5.92 Å². The van der Waals surface area contributed by atoms with Crippen LogP contribution in [-0.4, -0.2) is 35.5 Å². The Morgan fingerprint density at radius 2 is 0.838 bits per heavy atom. The summed E-state index contributed by atoms with van der Waals surface area (Å²) in [7, 11) is 0. The van der Waals surface area contributed by atoms with Gasteiger partial charge in [0.2, 0.25) is 0 Å². The zero-order valence-corrected chi connectivity index (χ0v) is 25.2. The van der Waals surface area contributed by atoms with Gasteiger partial charge in [0.05, 0.1) is 12.5 Å². The SMILES string of the molecule is CCCCCCCCCCCCCCCCC(CCCCCCCCCCCC)C(=O)OCC(O)CO. The molecule has 37 heavy (non-hydrogen) atoms. The Balaban J connectivity index is 3.90. The van der Waals surface area contributed by atoms with Gasteiger partial charge in [0.1, 0.15) is 12.7 Å². The summed E-state index contributed by atoms with van der Waals surface area (Å²) in [6, 6.07) is 0. The van der Waals surface area contributed by atoms with E-state index >= 15 is 0 Å². The third-order valence-corrected chi connectivity index (χ3v) is 7.77. The van der Waals surface area contributed by atoms with Gasteiger partial charge in [-0.15, -0.1) is 0 Å². The fourth-order valence-electron chi connectivity index (χ4n) is 5.19. The Morgan fingerprint density at radius 3 is 1.14 bits per heavy atom. The zero-order valence-electron chi connectivity index (χ0n) is 25.2. The molecule has 4 heteroatoms. The highest BCUT2D eigenvalue weighted by molar-refractivity contribution is 5.72. The third-order valence-electron chi connectivity index (χ3n) is 7.77. The topological polar surface area (TPSA) is 66.8 Å². The minimum absolute atomic E-state index is 0.0581. The van der Waals surface area contributed by atoms with Crippen molar-refractivity contribution in [2.75, 3.05) is 13.2 Å². The average molecular weight is 527 g/mol. The van der Waals surface area contributed by atoms with Crippen LogP contribution >= 0.6 is 0 Å². The van der Waals surface area contributed by atoms with Gasteiger partial charge in [0.15, 0.2) is 0 Å². The van der Waals surface area contributed by atoms with Crippen molar-refractivity contribution in [2.45, 2.75) is 187 Å². The largest absolute Gasteiger partial charge is 0.463 e. The summed E-state index contributed by atoms with van der Waals surface area (Å²) in [4.78, 5) is 12.6. The maximum absolute atomic E-state index is 12.6. The summed E-state index contributed by atoms with van der Waals surface area (Å²) in [6.07, 6.45) is 32.5. The minimum atomic E-state index is -0.969. The summed E-state index contributed by atoms with van der Waals surface area (Å²) in [6.45, 7) is 4.08. The number of hydrogen-bond acceptors (Lipinski definition) is 4. The number of aliphatic hydroxyl groups excluding tert-OH is 2. The second kappa shape index (κ2) is 29.9. The molecule has 0 aliphatic heterocycles. The summed E-state index contributed by atoms with van der Waals surface area (Å²) < 4.78 is 5.32. The first-order valence-electron chi connectivity index (χ1n) is 16.6. The highest BCUT2D eigenvalue weighted by Crippen LogP contribution is 2.21. The van der Waals surface area contributed by atoms with E-state index in [0.717, 1.165) is 25.7 Å². The fraction of sp³-hybridized carbons (Fsp3) is 0.970. The van der Waals surface area contributed by atoms with Gasteiger partial charge in [-0.05, 0) is 12.8 Å². The second-order valence-corrected chi connectivity index (χ2v) is 11.5. The van der Waals surface area contributed by atoms with Crippen molar-refractivity contribution in [3.63, 3.8) is 0 Å². The molecular weight excluding hydrogens is 460 g/mol. The molecule has 0 bridgehead atoms. The van der Waals surface area contributed by atoms with Crippen molar-refractivity contribution in [3.8, 4) is 0 Å². The lowest BCUT2D eigenvalue weighted by molar-refractivity contribution is -0.152. The molecule has 2 unspecified atom stereocenters. The number of aliphatic hydroxyl groups is 2. The number of esters is 1. The Hall–Kier alpha value is -0.610. The third kappa shape index (κ3) is 26.8. The van der Waals surface area contributed by atoms with Gasteiger partial charge in [0, 0.05) is 0 Å². The minimum Gasteiger partial charge on any atom is -0.463 e. The predicted octanol–water partition coefficient (Wildman–Crippen LogP) is 9.68. The smallest absolute Gasteiger partial charge is 0.309 e. The standard InChI is InChI=1S/C33H66O4/c1-3-5-7-9-11-13-15-16-17-18-20-22-24-26-28-31(33(36)37-30-32(35)29-34)27-25-23-21-19-14-12-10-8-6-4-2/h31-32,34-35H,3-30H2,1-2H3. The summed E-state index contributed by atoms with van der Waals surface area (Å²) >= 11 is 0. The number of hydrogen-bond donors (Lipinski definition) is 2. The van der Waals surface area contributed by atoms with E-state index in [9.17, 15) is 9.90 Å². The van der Waals surface area contributed by atoms with E-state index in [4.69, 9.17) is 9.84 Å². The average Bonchev–Trinajstić information content (AvgIpc) is 2.91. The molecule has 4 nitrogen and oxygen atoms in total. The predicted molar refractivity (Wildman–Crippen MR) is 159 cm³/mol. The van der Waals surface area contributed by atoms with Crippen LogP contribution in [0.5, 0.6) is 0 Å². The van der Waals surface area contributed by atoms with Crippen molar-refractivity contribution in [1.29, 1.82) is 0 Å². The van der Waals surface area contributed by atoms with E-state index in [-0.39, 0.29) is 25.1 Å². The second-order valence-electron chi connectivity index (χ2n) is 11.5. The molecule has 0 aromatic rings. The Kier molecular flexibility index (Phi) is 29.4. The summed E-state index contributed by atoms with van der Waals surface area (Å²) in [5.74, 6) is -0.240. The zero-order chi connectivity index (χ0) is 27.2. The van der Waals surface area contributed by atoms with E-state index in [1.165, 1.54) is 141 Å². The van der Waals surface area contributed by atoms with Crippen LogP contribution in [0.2, 0.25) is 0 Å². The van der Waals surface area contributed by atoms with Gasteiger partial charge in [-0.25, -0.2) is 0 Å². The van der Waals surface area contributed by atoms with E-state index in [1.54, 1.807) is 0 Å². The number of rotatable bonds is 30. The first-order valence-corrected chi connectivity index (χ1v) is 16.6. The van der Waals surface area contributed by atoms with Gasteiger partial charge < -0.3 is 14.9 Å². The van der Waals surface area contributed by atoms with E-state index in [1.807, 2.05) is 0 Å². The van der Waals surface area contributed by atoms with E-state index in [2.05, 4.69) is 13.8 Å². The lowest BCUT2D eigenvalue weighted by Gasteiger charge is -2.17. The molecule has 0 saturated heterocycles. The number of carbonyl (C=O) groups is 1. The van der Waals surface area contributed by atoms with Crippen molar-refractivity contribution in [1.82, 2.24) is 0 Å². The van der Waals surface area contributed by atoms with Gasteiger partial charge >= 0.3 is 5.97 Å². The van der Waals surface area contributed by atoms with Crippen molar-refractivity contribution >= 4 is 5.97 Å². The molecule has 0 heterocycles. The van der Waals surface area contributed by atoms with Crippen LogP contribution in [0.1, 0.15) is 181 Å². The van der Waals surface area contributed by atoms with Gasteiger partial charge in [-0.1, -0.05) is 168 Å². The van der Waals surface area contributed by atoms with E-state index < -0.39 is 6.10 Å². The van der Waals surface area contributed by atoms with Crippen LogP contribution in [-0.2, 0) is 9.53 Å². The summed E-state index contributed by atoms with van der Waals surface area (Å²) in [5, 5.41) is 18.5. The molecule has 0 aromatic carbocycles. The van der Waals surface area contributed by atoms with Crippen LogP contribution in [0.25, 0.3) is 0 Å². The highest BCUT2D eigenvalue weighted by Gasteiger charge is 2.20. The van der Waals surface area contributed by atoms with Gasteiger partial charge in [-0.2, -0.15) is 0 Å². The Morgan fingerprint density at radius 1 is 0.541 bits per heavy atom. The molecule has 0 saturated carbocycles. The molecule has 0 rings (SSSR count). The van der Waals surface area contributed by atoms with Crippen LogP contribution < -0.4 is 0 Å². The highest BCUT2D eigenvalue weighted by atomic mass is 16.5. The lowest BCUT2D eigenvalue weighted by Crippen LogP contribution is -2.25. The van der Waals surface area contributed by atoms with Crippen LogP contribution in [0.15, 0.2) is 0 Å². The Labute approximate surface area is 231 Å². The van der Waals surface area contributed by atoms with E-state index in [0.29, 0.717) is 0 Å². The molecule has 0 aromatic heterocycles. The van der Waals surface area contributed by atoms with Crippen molar-refractivity contribution in [3.05, 3.63) is 0 Å². The normalized spacial score (nSPS) is 13.1. The Bertz CT molecular complexity index is 454. The number of unbranched alkanes of at least 4 members (excludes halogenated alkanes) is 22. The van der Waals surface area contributed by atoms with Crippen molar-refractivity contribution < 1.29 is 19.7 Å². The molecule has 2 atom stereocenters. The molecule has 0 aliphatic carbocycles. The van der Waals surface area contributed by atoms with Crippen LogP contribution in [0.4, 0.5) is 0 Å². The van der Waals surface area contributed by atoms with Gasteiger partial charge in [-0.3, -0.25) is 4.79 Å². The molecule has 2 N–H and O–H groups in total. The van der Waals surface area contributed by atoms with Gasteiger partial charge in [0.25, 0.3) is 0 Å². The molecule has 222 valence electrons. The quantitative estimate of drug-likeness (QED) is 0.0722. The molecule has 0 radical (unpaired) electrons. The fourth-order valence-corrected chi connectivity index (χ4v) is 5.19. The first-order chi connectivity index (χ1) is 18.2. The maximum Gasteiger partial charge on any atom is 0.309 e. The molecular formula is C33H66O4. The molecule has 0 aliphatic rings. The summed E-state index contributed by atoms with van der Waals surface area (Å²) in [5.41, 5.74) is 0.